The van der Waals surface area contributed by atoms with Crippen molar-refractivity contribution in [1.29, 1.82) is 0 Å². The van der Waals surface area contributed by atoms with Crippen molar-refractivity contribution in [2.45, 2.75) is 26.2 Å². The lowest BCUT2D eigenvalue weighted by Gasteiger charge is -2.18. The van der Waals surface area contributed by atoms with Gasteiger partial charge in [-0.25, -0.2) is 20.0 Å². The van der Waals surface area contributed by atoms with Crippen LogP contribution in [-0.2, 0) is 25.5 Å². The summed E-state index contributed by atoms with van der Waals surface area (Å²) in [5.41, 5.74) is 2.21. The molecule has 12 nitrogen and oxygen atoms in total. The predicted molar refractivity (Wildman–Crippen MR) is 156 cm³/mol. The fraction of sp³-hybridized carbons (Fsp3) is 0.276. The zero-order chi connectivity index (χ0) is 30.7. The maximum Gasteiger partial charge on any atom is 0.317 e. The van der Waals surface area contributed by atoms with Gasteiger partial charge in [-0.3, -0.25) is 9.63 Å². The maximum atomic E-state index is 12.2. The zero-order valence-electron chi connectivity index (χ0n) is 24.2. The van der Waals surface area contributed by atoms with Gasteiger partial charge in [0.05, 0.1) is 19.8 Å². The Kier molecular flexibility index (Phi) is 11.2. The van der Waals surface area contributed by atoms with Gasteiger partial charge < -0.3 is 9.47 Å². The molecule has 0 spiro atoms. The van der Waals surface area contributed by atoms with Crippen LogP contribution >= 0.6 is 0 Å². The number of ether oxygens (including phenoxy) is 2. The van der Waals surface area contributed by atoms with E-state index in [0.29, 0.717) is 16.7 Å². The highest BCUT2D eigenvalue weighted by Crippen LogP contribution is 2.41. The Balaban J connectivity index is 0.000000408. The summed E-state index contributed by atoms with van der Waals surface area (Å²) in [6.45, 7) is 6.21. The van der Waals surface area contributed by atoms with Crippen LogP contribution in [0, 0.1) is 0 Å². The first-order valence-electron chi connectivity index (χ1n) is 12.7. The number of rotatable bonds is 8. The van der Waals surface area contributed by atoms with E-state index in [9.17, 15) is 13.2 Å². The molecule has 0 N–H and O–H groups in total. The summed E-state index contributed by atoms with van der Waals surface area (Å²) >= 11 is 0. The van der Waals surface area contributed by atoms with Crippen molar-refractivity contribution in [3.05, 3.63) is 78.6 Å². The third-order valence-electron chi connectivity index (χ3n) is 5.76. The standard InChI is InChI=1S/C19H18N6O6S.C10H14/c1-25(30-3)14(26)11-31-19-15(12-7-4-5-8-13(12)29-2)16(24-32(27)28)22-18(23-19)17-20-9-6-10-21-17;1-10(2,3)9-7-5-4-6-8-9/h4-10H,11H2,1-3H3;4-8H,1-3H3. The SMILES string of the molecule is CC(C)(C)c1ccccc1.COc1ccccc1-c1c(N=S(=O)=O)nc(-c2ncccn2)nc1OCC(=O)N(C)OC. The van der Waals surface area contributed by atoms with Crippen LogP contribution in [0.5, 0.6) is 11.6 Å². The molecule has 0 unspecified atom stereocenters. The molecule has 0 saturated carbocycles. The largest absolute Gasteiger partial charge is 0.496 e. The Hall–Kier alpha value is -4.75. The van der Waals surface area contributed by atoms with E-state index in [2.05, 4.69) is 75.4 Å². The summed E-state index contributed by atoms with van der Waals surface area (Å²) < 4.78 is 37.5. The van der Waals surface area contributed by atoms with E-state index in [1.54, 1.807) is 30.3 Å². The third-order valence-corrected chi connectivity index (χ3v) is 6.08. The van der Waals surface area contributed by atoms with Crippen LogP contribution in [0.15, 0.2) is 77.4 Å². The third kappa shape index (κ3) is 8.62. The Labute approximate surface area is 246 Å². The lowest BCUT2D eigenvalue weighted by Crippen LogP contribution is -2.30. The molecule has 0 saturated heterocycles. The molecule has 0 aliphatic rings. The van der Waals surface area contributed by atoms with Gasteiger partial charge >= 0.3 is 10.5 Å². The van der Waals surface area contributed by atoms with Gasteiger partial charge in [-0.1, -0.05) is 69.3 Å². The minimum atomic E-state index is -2.85. The number of para-hydroxylation sites is 1. The lowest BCUT2D eigenvalue weighted by molar-refractivity contribution is -0.170. The second-order valence-electron chi connectivity index (χ2n) is 9.61. The molecule has 0 aliphatic carbocycles. The van der Waals surface area contributed by atoms with Crippen molar-refractivity contribution in [2.75, 3.05) is 27.9 Å². The molecule has 42 heavy (non-hydrogen) atoms. The van der Waals surface area contributed by atoms with Crippen molar-refractivity contribution in [1.82, 2.24) is 25.0 Å². The summed E-state index contributed by atoms with van der Waals surface area (Å²) in [6, 6.07) is 18.9. The van der Waals surface area contributed by atoms with Crippen LogP contribution in [0.4, 0.5) is 5.82 Å². The first-order valence-corrected chi connectivity index (χ1v) is 13.7. The zero-order valence-corrected chi connectivity index (χ0v) is 25.0. The maximum absolute atomic E-state index is 12.2. The molecule has 0 fully saturated rings. The van der Waals surface area contributed by atoms with Gasteiger partial charge in [0.1, 0.15) is 5.75 Å². The molecular formula is C29H32N6O6S. The number of nitrogens with zero attached hydrogens (tertiary/aromatic N) is 6. The van der Waals surface area contributed by atoms with E-state index in [4.69, 9.17) is 14.3 Å². The molecule has 220 valence electrons. The fourth-order valence-corrected chi connectivity index (χ4v) is 3.81. The molecule has 1 amide bonds. The number of carbonyl (C=O) groups is 1. The Bertz CT molecular complexity index is 1620. The van der Waals surface area contributed by atoms with Gasteiger partial charge in [-0.15, -0.1) is 4.36 Å². The Morgan fingerprint density at radius 3 is 2.12 bits per heavy atom. The van der Waals surface area contributed by atoms with Crippen LogP contribution < -0.4 is 9.47 Å². The number of hydrogen-bond acceptors (Lipinski definition) is 11. The summed E-state index contributed by atoms with van der Waals surface area (Å²) in [5.74, 6) is -0.413. The van der Waals surface area contributed by atoms with Crippen LogP contribution in [0.3, 0.4) is 0 Å². The minimum Gasteiger partial charge on any atom is -0.496 e. The Morgan fingerprint density at radius 2 is 1.55 bits per heavy atom. The highest BCUT2D eigenvalue weighted by molar-refractivity contribution is 7.61. The number of hydrogen-bond donors (Lipinski definition) is 0. The van der Waals surface area contributed by atoms with Crippen LogP contribution in [0.25, 0.3) is 22.8 Å². The molecule has 4 aromatic rings. The molecule has 2 aromatic heterocycles. The first-order chi connectivity index (χ1) is 20.0. The summed E-state index contributed by atoms with van der Waals surface area (Å²) in [6.07, 6.45) is 2.94. The molecule has 0 bridgehead atoms. The summed E-state index contributed by atoms with van der Waals surface area (Å²) in [4.78, 5) is 33.8. The van der Waals surface area contributed by atoms with Gasteiger partial charge in [0.2, 0.25) is 11.7 Å². The number of amides is 1. The number of aromatic nitrogens is 4. The van der Waals surface area contributed by atoms with Crippen molar-refractivity contribution in [3.8, 4) is 34.4 Å². The van der Waals surface area contributed by atoms with Gasteiger partial charge in [0.15, 0.2) is 18.2 Å². The van der Waals surface area contributed by atoms with Crippen molar-refractivity contribution in [2.24, 2.45) is 4.36 Å². The van der Waals surface area contributed by atoms with E-state index >= 15 is 0 Å². The summed E-state index contributed by atoms with van der Waals surface area (Å²) in [5, 5.41) is 0.975. The molecule has 2 heterocycles. The van der Waals surface area contributed by atoms with E-state index < -0.39 is 23.0 Å². The lowest BCUT2D eigenvalue weighted by atomic mass is 9.87. The fourth-order valence-electron chi connectivity index (χ4n) is 3.53. The molecular weight excluding hydrogens is 560 g/mol. The van der Waals surface area contributed by atoms with E-state index in [1.165, 1.54) is 39.2 Å². The predicted octanol–water partition coefficient (Wildman–Crippen LogP) is 4.69. The number of hydroxylamine groups is 2. The molecule has 0 aliphatic heterocycles. The van der Waals surface area contributed by atoms with E-state index in [0.717, 1.165) is 5.06 Å². The van der Waals surface area contributed by atoms with Gasteiger partial charge in [0.25, 0.3) is 5.91 Å². The molecule has 0 radical (unpaired) electrons. The second kappa shape index (κ2) is 14.8. The molecule has 2 aromatic carbocycles. The van der Waals surface area contributed by atoms with Gasteiger partial charge in [0, 0.05) is 25.0 Å². The van der Waals surface area contributed by atoms with Crippen molar-refractivity contribution >= 4 is 22.2 Å². The van der Waals surface area contributed by atoms with Crippen molar-refractivity contribution in [3.63, 3.8) is 0 Å². The quantitative estimate of drug-likeness (QED) is 0.264. The monoisotopic (exact) mass is 592 g/mol. The van der Waals surface area contributed by atoms with Crippen LogP contribution in [0.1, 0.15) is 26.3 Å². The average Bonchev–Trinajstić information content (AvgIpc) is 2.99. The smallest absolute Gasteiger partial charge is 0.317 e. The van der Waals surface area contributed by atoms with E-state index in [-0.39, 0.29) is 28.9 Å². The van der Waals surface area contributed by atoms with Gasteiger partial charge in [-0.2, -0.15) is 13.4 Å². The van der Waals surface area contributed by atoms with Crippen molar-refractivity contribution < 1.29 is 27.5 Å². The summed E-state index contributed by atoms with van der Waals surface area (Å²) in [7, 11) is 1.34. The topological polar surface area (TPSA) is 146 Å². The minimum absolute atomic E-state index is 0.0454. The number of likely N-dealkylation sites (N-methyl/N-ethyl adjacent to an activating group) is 1. The number of benzene rings is 2. The second-order valence-corrected chi connectivity index (χ2v) is 10.2. The molecule has 0 atom stereocenters. The van der Waals surface area contributed by atoms with Gasteiger partial charge in [-0.05, 0) is 23.1 Å². The van der Waals surface area contributed by atoms with Crippen LogP contribution in [-0.4, -0.2) is 67.2 Å². The number of carbonyl (C=O) groups excluding carboxylic acids is 1. The molecule has 4 rings (SSSR count). The van der Waals surface area contributed by atoms with Crippen LogP contribution in [0.2, 0.25) is 0 Å². The average molecular weight is 593 g/mol. The normalized spacial score (nSPS) is 10.6. The first kappa shape index (κ1) is 31.8. The van der Waals surface area contributed by atoms with E-state index in [1.807, 2.05) is 0 Å². The number of methoxy groups -OCH3 is 1. The highest BCUT2D eigenvalue weighted by Gasteiger charge is 2.23. The highest BCUT2D eigenvalue weighted by atomic mass is 32.2. The Morgan fingerprint density at radius 1 is 0.905 bits per heavy atom. The molecule has 13 heteroatoms.